The molecule has 1 saturated carbocycles. The summed E-state index contributed by atoms with van der Waals surface area (Å²) in [5.74, 6) is 0.900. The van der Waals surface area contributed by atoms with E-state index in [0.717, 1.165) is 23.4 Å². The Morgan fingerprint density at radius 1 is 1.55 bits per heavy atom. The minimum atomic E-state index is -0.134. The van der Waals surface area contributed by atoms with E-state index in [1.165, 1.54) is 12.8 Å². The zero-order valence-corrected chi connectivity index (χ0v) is 13.1. The lowest BCUT2D eigenvalue weighted by atomic mass is 10.2. The molecule has 104 valence electrons. The second-order valence-corrected chi connectivity index (χ2v) is 7.30. The lowest BCUT2D eigenvalue weighted by molar-refractivity contribution is 0.639. The van der Waals surface area contributed by atoms with Crippen LogP contribution in [0.4, 0.5) is 0 Å². The molecule has 1 atom stereocenters. The Morgan fingerprint density at radius 2 is 2.30 bits per heavy atom. The fourth-order valence-corrected chi connectivity index (χ4v) is 3.47. The Bertz CT molecular complexity index is 695. The molecule has 0 N–H and O–H groups in total. The van der Waals surface area contributed by atoms with E-state index in [2.05, 4.69) is 21.9 Å². The van der Waals surface area contributed by atoms with Crippen LogP contribution in [0.1, 0.15) is 36.5 Å². The Kier molecular flexibility index (Phi) is 3.43. The van der Waals surface area contributed by atoms with E-state index in [0.29, 0.717) is 10.3 Å². The van der Waals surface area contributed by atoms with Gasteiger partial charge in [0.1, 0.15) is 5.82 Å². The molecule has 0 radical (unpaired) electrons. The van der Waals surface area contributed by atoms with Gasteiger partial charge in [0.25, 0.3) is 0 Å². The number of alkyl halides is 1. The Labute approximate surface area is 127 Å². The highest BCUT2D eigenvalue weighted by atomic mass is 35.5. The zero-order valence-electron chi connectivity index (χ0n) is 11.6. The second-order valence-electron chi connectivity index (χ2n) is 5.37. The highest BCUT2D eigenvalue weighted by molar-refractivity contribution is 8.00. The van der Waals surface area contributed by atoms with Gasteiger partial charge in [-0.2, -0.15) is 17.0 Å². The van der Waals surface area contributed by atoms with Crippen LogP contribution in [0.2, 0.25) is 0 Å². The molecule has 1 aliphatic carbocycles. The molecular formula is C15H16ClN3S. The number of hydrogen-bond donors (Lipinski definition) is 0. The number of rotatable bonds is 4. The van der Waals surface area contributed by atoms with Crippen molar-refractivity contribution in [3.8, 4) is 6.07 Å². The van der Waals surface area contributed by atoms with Gasteiger partial charge in [-0.05, 0) is 44.2 Å². The van der Waals surface area contributed by atoms with Gasteiger partial charge in [-0.1, -0.05) is 0 Å². The molecule has 20 heavy (non-hydrogen) atoms. The van der Waals surface area contributed by atoms with Crippen LogP contribution < -0.4 is 0 Å². The van der Waals surface area contributed by atoms with Crippen molar-refractivity contribution in [2.24, 2.45) is 0 Å². The molecule has 0 spiro atoms. The summed E-state index contributed by atoms with van der Waals surface area (Å²) >= 11 is 8.21. The van der Waals surface area contributed by atoms with E-state index >= 15 is 0 Å². The number of fused-ring (bicyclic) bond motifs is 1. The summed E-state index contributed by atoms with van der Waals surface area (Å²) in [6.45, 7) is 2.87. The number of nitrogens with zero attached hydrogens (tertiary/aromatic N) is 3. The summed E-state index contributed by atoms with van der Waals surface area (Å²) < 4.78 is 2.54. The predicted molar refractivity (Wildman–Crippen MR) is 84.2 cm³/mol. The number of thioether (sulfide) groups is 1. The summed E-state index contributed by atoms with van der Waals surface area (Å²) in [5, 5.41) is 8.95. The van der Waals surface area contributed by atoms with Crippen LogP contribution in [-0.4, -0.2) is 20.6 Å². The topological polar surface area (TPSA) is 41.6 Å². The van der Waals surface area contributed by atoms with Crippen LogP contribution in [0.5, 0.6) is 0 Å². The molecule has 0 saturated heterocycles. The van der Waals surface area contributed by atoms with Gasteiger partial charge in [0, 0.05) is 11.3 Å². The lowest BCUT2D eigenvalue weighted by Crippen LogP contribution is -2.16. The molecule has 1 aromatic heterocycles. The van der Waals surface area contributed by atoms with E-state index in [-0.39, 0.29) is 5.38 Å². The summed E-state index contributed by atoms with van der Waals surface area (Å²) in [5.41, 5.74) is 2.61. The first-order valence-electron chi connectivity index (χ1n) is 6.68. The molecule has 0 bridgehead atoms. The van der Waals surface area contributed by atoms with Gasteiger partial charge in [0.2, 0.25) is 0 Å². The summed E-state index contributed by atoms with van der Waals surface area (Å²) in [6, 6.07) is 7.83. The largest absolute Gasteiger partial charge is 0.325 e. The Balaban J connectivity index is 2.15. The fourth-order valence-electron chi connectivity index (χ4n) is 2.54. The quantitative estimate of drug-likeness (QED) is 0.798. The number of imidazole rings is 1. The highest BCUT2D eigenvalue weighted by Crippen LogP contribution is 2.49. The third-order valence-electron chi connectivity index (χ3n) is 3.95. The van der Waals surface area contributed by atoms with Gasteiger partial charge in [-0.3, -0.25) is 0 Å². The third-order valence-corrected chi connectivity index (χ3v) is 5.55. The molecule has 1 aliphatic rings. The molecule has 3 nitrogen and oxygen atoms in total. The minimum absolute atomic E-state index is 0.134. The standard InChI is InChI=1S/C15H16ClN3S/c1-10(16)14-18-12-4-3-11(8-17)7-13(12)19(14)9-15(20-2)5-6-15/h3-4,7,10H,5-6,9H2,1-2H3. The van der Waals surface area contributed by atoms with Crippen molar-refractivity contribution in [1.82, 2.24) is 9.55 Å². The molecule has 5 heteroatoms. The summed E-state index contributed by atoms with van der Waals surface area (Å²) in [4.78, 5) is 4.65. The summed E-state index contributed by atoms with van der Waals surface area (Å²) in [6.07, 6.45) is 4.64. The normalized spacial score (nSPS) is 17.9. The molecule has 1 heterocycles. The summed E-state index contributed by atoms with van der Waals surface area (Å²) in [7, 11) is 0. The third kappa shape index (κ3) is 2.30. The van der Waals surface area contributed by atoms with E-state index in [9.17, 15) is 0 Å². The van der Waals surface area contributed by atoms with Crippen LogP contribution in [0.25, 0.3) is 11.0 Å². The molecule has 1 unspecified atom stereocenters. The van der Waals surface area contributed by atoms with E-state index in [1.54, 1.807) is 0 Å². The average molecular weight is 306 g/mol. The van der Waals surface area contributed by atoms with Gasteiger partial charge >= 0.3 is 0 Å². The van der Waals surface area contributed by atoms with Gasteiger partial charge in [0.15, 0.2) is 0 Å². The molecule has 3 rings (SSSR count). The first-order valence-corrected chi connectivity index (χ1v) is 8.34. The van der Waals surface area contributed by atoms with Gasteiger partial charge < -0.3 is 4.57 Å². The van der Waals surface area contributed by atoms with E-state index in [4.69, 9.17) is 16.9 Å². The maximum absolute atomic E-state index is 9.09. The minimum Gasteiger partial charge on any atom is -0.325 e. The van der Waals surface area contributed by atoms with Crippen molar-refractivity contribution in [1.29, 1.82) is 5.26 Å². The maximum Gasteiger partial charge on any atom is 0.127 e. The number of aromatic nitrogens is 2. The van der Waals surface area contributed by atoms with Crippen LogP contribution in [0, 0.1) is 11.3 Å². The first kappa shape index (κ1) is 13.8. The number of halogens is 1. The fraction of sp³-hybridized carbons (Fsp3) is 0.467. The second kappa shape index (κ2) is 4.98. The van der Waals surface area contributed by atoms with Crippen LogP contribution in [0.15, 0.2) is 18.2 Å². The van der Waals surface area contributed by atoms with Crippen LogP contribution in [0.3, 0.4) is 0 Å². The van der Waals surface area contributed by atoms with Crippen molar-refractivity contribution in [2.75, 3.05) is 6.26 Å². The van der Waals surface area contributed by atoms with E-state index < -0.39 is 0 Å². The Hall–Kier alpha value is -1.18. The number of nitriles is 1. The van der Waals surface area contributed by atoms with Crippen molar-refractivity contribution in [3.63, 3.8) is 0 Å². The Morgan fingerprint density at radius 3 is 2.85 bits per heavy atom. The smallest absolute Gasteiger partial charge is 0.127 e. The number of benzene rings is 1. The maximum atomic E-state index is 9.09. The van der Waals surface area contributed by atoms with E-state index in [1.807, 2.05) is 36.9 Å². The molecule has 2 aromatic rings. The molecular weight excluding hydrogens is 290 g/mol. The van der Waals surface area contributed by atoms with Gasteiger partial charge in [-0.15, -0.1) is 11.6 Å². The van der Waals surface area contributed by atoms with Crippen molar-refractivity contribution < 1.29 is 0 Å². The molecule has 1 fully saturated rings. The van der Waals surface area contributed by atoms with Crippen molar-refractivity contribution in [2.45, 2.75) is 36.4 Å². The monoisotopic (exact) mass is 305 g/mol. The molecule has 1 aromatic carbocycles. The predicted octanol–water partition coefficient (Wildman–Crippen LogP) is 4.10. The van der Waals surface area contributed by atoms with Gasteiger partial charge in [0.05, 0.1) is 28.0 Å². The van der Waals surface area contributed by atoms with Crippen LogP contribution in [-0.2, 0) is 6.54 Å². The first-order chi connectivity index (χ1) is 9.58. The van der Waals surface area contributed by atoms with Crippen LogP contribution >= 0.6 is 23.4 Å². The highest BCUT2D eigenvalue weighted by Gasteiger charge is 2.43. The molecule has 0 aliphatic heterocycles. The number of hydrogen-bond acceptors (Lipinski definition) is 3. The molecule has 0 amide bonds. The van der Waals surface area contributed by atoms with Crippen molar-refractivity contribution in [3.05, 3.63) is 29.6 Å². The average Bonchev–Trinajstić information content (AvgIpc) is 3.14. The SMILES string of the molecule is CSC1(Cn2c(C(C)Cl)nc3ccc(C#N)cc32)CC1. The zero-order chi connectivity index (χ0) is 14.3. The lowest BCUT2D eigenvalue weighted by Gasteiger charge is -2.17. The van der Waals surface area contributed by atoms with Crippen molar-refractivity contribution >= 4 is 34.4 Å². The van der Waals surface area contributed by atoms with Gasteiger partial charge in [-0.25, -0.2) is 4.98 Å².